The van der Waals surface area contributed by atoms with Gasteiger partial charge in [0.25, 0.3) is 11.5 Å². The molecule has 1 aromatic carbocycles. The predicted octanol–water partition coefficient (Wildman–Crippen LogP) is -3.97. The van der Waals surface area contributed by atoms with Gasteiger partial charge in [-0.25, -0.2) is 9.18 Å². The Kier molecular flexibility index (Phi) is 12.8. The van der Waals surface area contributed by atoms with Crippen molar-refractivity contribution in [3.05, 3.63) is 71.0 Å². The number of amides is 1. The standard InChI is InChI=1S/C23H21F4N4O7PS2.2Na/c1-4-16-12(18-19(33)29(2)22(34)30(3)20(18)41-16)8-17(32)28-21-31(10-38-39(35,36)37)15(9-40-21)11-5-6-13(14(24)7-11)23(25,26)27;;/h5-7,9H,4,8,10H2,1-3H3,(H2,35,36,37);;/q;2*+1/p-2. The van der Waals surface area contributed by atoms with Crippen molar-refractivity contribution in [1.82, 2.24) is 13.7 Å². The number of fused-ring (bicyclic) bond motifs is 1. The number of nitrogens with zero attached hydrogens (tertiary/aromatic N) is 4. The number of halogens is 4. The SMILES string of the molecule is CCc1sc2c(c1CC(=O)N=c1scc(-c3ccc(C(F)(F)F)c(F)c3)n1COP(=O)([O-])[O-])c(=O)n(C)c(=O)n2C.[Na+].[Na+]. The van der Waals surface area contributed by atoms with Crippen molar-refractivity contribution in [2.24, 2.45) is 19.1 Å². The molecule has 0 spiro atoms. The number of alkyl halides is 3. The summed E-state index contributed by atoms with van der Waals surface area (Å²) in [7, 11) is -2.76. The number of aromatic nitrogens is 3. The van der Waals surface area contributed by atoms with E-state index in [2.05, 4.69) is 9.52 Å². The summed E-state index contributed by atoms with van der Waals surface area (Å²) < 4.78 is 71.8. The molecular weight excluding hydrogens is 661 g/mol. The summed E-state index contributed by atoms with van der Waals surface area (Å²) in [6.07, 6.45) is -4.92. The number of hydrogen-bond donors (Lipinski definition) is 0. The molecule has 1 amide bonds. The molecule has 43 heavy (non-hydrogen) atoms. The van der Waals surface area contributed by atoms with E-state index in [-0.39, 0.29) is 87.0 Å². The number of phosphoric ester groups is 1. The Balaban J connectivity index is 0.00000323. The van der Waals surface area contributed by atoms with Gasteiger partial charge in [-0.05, 0) is 24.1 Å². The number of hydrogen-bond acceptors (Lipinski definition) is 9. The average Bonchev–Trinajstić information content (AvgIpc) is 3.44. The van der Waals surface area contributed by atoms with E-state index in [1.165, 1.54) is 35.4 Å². The first kappa shape index (κ1) is 38.0. The van der Waals surface area contributed by atoms with Crippen LogP contribution in [0.5, 0.6) is 0 Å². The van der Waals surface area contributed by atoms with Crippen LogP contribution < -0.4 is 85.0 Å². The quantitative estimate of drug-likeness (QED) is 0.110. The molecular formula is C23H19F4N4Na2O7PS2. The van der Waals surface area contributed by atoms with Gasteiger partial charge in [-0.15, -0.1) is 22.7 Å². The normalized spacial score (nSPS) is 12.3. The second-order valence-electron chi connectivity index (χ2n) is 8.65. The van der Waals surface area contributed by atoms with E-state index in [0.29, 0.717) is 33.8 Å². The van der Waals surface area contributed by atoms with E-state index in [4.69, 9.17) is 0 Å². The molecule has 0 atom stereocenters. The molecule has 0 bridgehead atoms. The van der Waals surface area contributed by atoms with E-state index in [1.807, 2.05) is 0 Å². The van der Waals surface area contributed by atoms with Gasteiger partial charge in [0.05, 0.1) is 30.9 Å². The second kappa shape index (κ2) is 14.5. The van der Waals surface area contributed by atoms with Crippen LogP contribution in [-0.2, 0) is 53.7 Å². The molecule has 0 fully saturated rings. The molecule has 3 aromatic heterocycles. The van der Waals surface area contributed by atoms with Gasteiger partial charge in [0.2, 0.25) is 0 Å². The number of phosphoric acid groups is 1. The van der Waals surface area contributed by atoms with Crippen LogP contribution in [0.15, 0.2) is 38.2 Å². The zero-order valence-corrected chi connectivity index (χ0v) is 29.9. The molecule has 0 aliphatic rings. The number of aryl methyl sites for hydroxylation is 2. The largest absolute Gasteiger partial charge is 1.00 e. The van der Waals surface area contributed by atoms with Crippen molar-refractivity contribution in [1.29, 1.82) is 0 Å². The molecule has 4 aromatic rings. The predicted molar refractivity (Wildman–Crippen MR) is 137 cm³/mol. The molecule has 0 saturated heterocycles. The fourth-order valence-electron chi connectivity index (χ4n) is 4.10. The summed E-state index contributed by atoms with van der Waals surface area (Å²) in [6, 6.07) is 1.98. The van der Waals surface area contributed by atoms with Gasteiger partial charge >= 0.3 is 71.0 Å². The molecule has 0 aliphatic carbocycles. The zero-order chi connectivity index (χ0) is 30.4. The Morgan fingerprint density at radius 3 is 2.35 bits per heavy atom. The van der Waals surface area contributed by atoms with Crippen LogP contribution >= 0.6 is 30.5 Å². The fourth-order valence-corrected chi connectivity index (χ4v) is 6.47. The molecule has 220 valence electrons. The minimum Gasteiger partial charge on any atom is -0.790 e. The van der Waals surface area contributed by atoms with Crippen molar-refractivity contribution in [2.75, 3.05) is 0 Å². The summed E-state index contributed by atoms with van der Waals surface area (Å²) in [5, 5.41) is 1.43. The van der Waals surface area contributed by atoms with Crippen LogP contribution in [0.2, 0.25) is 0 Å². The van der Waals surface area contributed by atoms with Gasteiger partial charge < -0.3 is 18.9 Å². The summed E-state index contributed by atoms with van der Waals surface area (Å²) >= 11 is 1.92. The topological polar surface area (TPSA) is 151 Å². The zero-order valence-electron chi connectivity index (χ0n) is 23.4. The Hall–Kier alpha value is -1.21. The second-order valence-corrected chi connectivity index (χ2v) is 11.7. The third-order valence-corrected chi connectivity index (χ3v) is 8.80. The number of thiazole rings is 1. The molecule has 0 saturated carbocycles. The molecule has 4 rings (SSSR count). The van der Waals surface area contributed by atoms with E-state index in [1.54, 1.807) is 6.92 Å². The van der Waals surface area contributed by atoms with Crippen LogP contribution in [0.1, 0.15) is 22.9 Å². The monoisotopic (exact) mass is 680 g/mol. The molecule has 11 nitrogen and oxygen atoms in total. The summed E-state index contributed by atoms with van der Waals surface area (Å²) in [6.45, 7) is 0.796. The number of carbonyl (C=O) groups is 1. The molecule has 0 radical (unpaired) electrons. The number of carbonyl (C=O) groups excluding carboxylic acids is 1. The van der Waals surface area contributed by atoms with Crippen molar-refractivity contribution < 1.29 is 100 Å². The Morgan fingerprint density at radius 1 is 1.14 bits per heavy atom. The third-order valence-electron chi connectivity index (χ3n) is 6.05. The van der Waals surface area contributed by atoms with Gasteiger partial charge in [0.1, 0.15) is 17.4 Å². The van der Waals surface area contributed by atoms with Gasteiger partial charge in [0.15, 0.2) is 4.80 Å². The maximum absolute atomic E-state index is 14.3. The van der Waals surface area contributed by atoms with Crippen molar-refractivity contribution in [3.63, 3.8) is 0 Å². The molecule has 0 aliphatic heterocycles. The van der Waals surface area contributed by atoms with Gasteiger partial charge in [0, 0.05) is 29.9 Å². The van der Waals surface area contributed by atoms with E-state index >= 15 is 0 Å². The van der Waals surface area contributed by atoms with Crippen LogP contribution in [0.25, 0.3) is 21.5 Å². The van der Waals surface area contributed by atoms with E-state index in [9.17, 15) is 46.3 Å². The van der Waals surface area contributed by atoms with Crippen molar-refractivity contribution in [3.8, 4) is 11.3 Å². The average molecular weight is 681 g/mol. The number of thiophene rings is 1. The third kappa shape index (κ3) is 8.15. The van der Waals surface area contributed by atoms with Gasteiger partial charge in [-0.3, -0.25) is 23.3 Å². The number of rotatable bonds is 7. The minimum atomic E-state index is -5.54. The smallest absolute Gasteiger partial charge is 0.790 e. The van der Waals surface area contributed by atoms with Gasteiger partial charge in [-0.1, -0.05) is 13.0 Å². The fraction of sp³-hybridized carbons (Fsp3) is 0.304. The summed E-state index contributed by atoms with van der Waals surface area (Å²) in [5.41, 5.74) is -2.55. The first-order chi connectivity index (χ1) is 19.0. The molecule has 0 N–H and O–H groups in total. The van der Waals surface area contributed by atoms with E-state index in [0.717, 1.165) is 26.5 Å². The molecule has 0 unspecified atom stereocenters. The summed E-state index contributed by atoms with van der Waals surface area (Å²) in [5.74, 6) is -2.41. The van der Waals surface area contributed by atoms with Crippen molar-refractivity contribution in [2.45, 2.75) is 32.7 Å². The molecule has 20 heteroatoms. The first-order valence-electron chi connectivity index (χ1n) is 11.5. The number of benzene rings is 1. The molecule has 3 heterocycles. The van der Waals surface area contributed by atoms with E-state index < -0.39 is 49.3 Å². The Labute approximate surface area is 292 Å². The van der Waals surface area contributed by atoms with Crippen LogP contribution in [0, 0.1) is 5.82 Å². The van der Waals surface area contributed by atoms with Gasteiger partial charge in [-0.2, -0.15) is 18.2 Å². The summed E-state index contributed by atoms with van der Waals surface area (Å²) in [4.78, 5) is 65.4. The first-order valence-corrected chi connectivity index (χ1v) is 14.7. The Morgan fingerprint density at radius 2 is 1.79 bits per heavy atom. The maximum Gasteiger partial charge on any atom is 1.00 e. The van der Waals surface area contributed by atoms with Crippen LogP contribution in [-0.4, -0.2) is 19.6 Å². The van der Waals surface area contributed by atoms with Crippen LogP contribution in [0.3, 0.4) is 0 Å². The maximum atomic E-state index is 14.3. The van der Waals surface area contributed by atoms with Crippen molar-refractivity contribution >= 4 is 46.6 Å². The van der Waals surface area contributed by atoms with Crippen LogP contribution in [0.4, 0.5) is 17.6 Å². The minimum absolute atomic E-state index is 0. The Bertz CT molecular complexity index is 1930.